The molecule has 2 unspecified atom stereocenters. The molecule has 150 valence electrons. The van der Waals surface area contributed by atoms with Gasteiger partial charge < -0.3 is 9.80 Å². The molecule has 0 aliphatic carbocycles. The molecular formula is C24H32F2N2+2. The molecular weight excluding hydrogens is 354 g/mol. The van der Waals surface area contributed by atoms with Gasteiger partial charge in [-0.1, -0.05) is 24.3 Å². The standard InChI is InChI=1S/C24H30F2N2/c25-21-10-6-19(7-11-21)24(20-8-12-22(26)13-9-20)5-3-14-27-16-17-28-15-2-1-4-23(28)18-27/h6-13,23-24H,1-5,14-18H2/p+2/t23-/m0/s1. The highest BCUT2D eigenvalue weighted by molar-refractivity contribution is 5.32. The zero-order valence-electron chi connectivity index (χ0n) is 16.6. The fourth-order valence-electron chi connectivity index (χ4n) is 5.21. The van der Waals surface area contributed by atoms with E-state index in [1.807, 2.05) is 29.2 Å². The van der Waals surface area contributed by atoms with Crippen molar-refractivity contribution in [2.75, 3.05) is 32.7 Å². The van der Waals surface area contributed by atoms with Crippen molar-refractivity contribution in [2.45, 2.75) is 44.1 Å². The third-order valence-electron chi connectivity index (χ3n) is 6.78. The molecule has 2 nitrogen and oxygen atoms in total. The lowest BCUT2D eigenvalue weighted by Crippen LogP contribution is -3.31. The number of hydrogen-bond acceptors (Lipinski definition) is 0. The SMILES string of the molecule is Fc1ccc(C(CCC[NH+]2CC[NH+]3CCCC[C@H]3C2)c2ccc(F)cc2)cc1. The smallest absolute Gasteiger partial charge is 0.137 e. The maximum absolute atomic E-state index is 13.4. The van der Waals surface area contributed by atoms with Crippen molar-refractivity contribution in [2.24, 2.45) is 0 Å². The summed E-state index contributed by atoms with van der Waals surface area (Å²) < 4.78 is 26.8. The molecule has 2 N–H and O–H groups in total. The van der Waals surface area contributed by atoms with E-state index in [1.165, 1.54) is 76.3 Å². The zero-order valence-corrected chi connectivity index (χ0v) is 16.6. The van der Waals surface area contributed by atoms with Crippen molar-refractivity contribution in [3.8, 4) is 0 Å². The Kier molecular flexibility index (Phi) is 6.38. The van der Waals surface area contributed by atoms with Gasteiger partial charge in [0.05, 0.1) is 13.1 Å². The molecule has 2 aromatic carbocycles. The van der Waals surface area contributed by atoms with E-state index < -0.39 is 0 Å². The molecule has 2 saturated heterocycles. The Morgan fingerprint density at radius 2 is 1.46 bits per heavy atom. The number of piperidine rings is 1. The van der Waals surface area contributed by atoms with Gasteiger partial charge in [0.15, 0.2) is 0 Å². The average molecular weight is 387 g/mol. The van der Waals surface area contributed by atoms with E-state index in [2.05, 4.69) is 0 Å². The number of piperazine rings is 1. The Hall–Kier alpha value is -1.78. The predicted molar refractivity (Wildman–Crippen MR) is 108 cm³/mol. The van der Waals surface area contributed by atoms with Gasteiger partial charge in [0.1, 0.15) is 37.3 Å². The third-order valence-corrected chi connectivity index (χ3v) is 6.78. The highest BCUT2D eigenvalue weighted by Crippen LogP contribution is 2.29. The first kappa shape index (κ1) is 19.5. The van der Waals surface area contributed by atoms with E-state index >= 15 is 0 Å². The van der Waals surface area contributed by atoms with Crippen molar-refractivity contribution < 1.29 is 18.6 Å². The van der Waals surface area contributed by atoms with Crippen LogP contribution in [0.4, 0.5) is 8.78 Å². The summed E-state index contributed by atoms with van der Waals surface area (Å²) in [5, 5.41) is 0. The normalized spacial score (nSPS) is 24.9. The van der Waals surface area contributed by atoms with Gasteiger partial charge in [0, 0.05) is 12.3 Å². The maximum Gasteiger partial charge on any atom is 0.137 e. The molecule has 28 heavy (non-hydrogen) atoms. The van der Waals surface area contributed by atoms with E-state index in [4.69, 9.17) is 0 Å². The summed E-state index contributed by atoms with van der Waals surface area (Å²) in [6.07, 6.45) is 6.35. The van der Waals surface area contributed by atoms with Gasteiger partial charge in [0.25, 0.3) is 0 Å². The number of rotatable bonds is 6. The van der Waals surface area contributed by atoms with Gasteiger partial charge >= 0.3 is 0 Å². The van der Waals surface area contributed by atoms with Gasteiger partial charge in [-0.25, -0.2) is 8.78 Å². The Labute approximate surface area is 167 Å². The molecule has 0 radical (unpaired) electrons. The van der Waals surface area contributed by atoms with E-state index in [9.17, 15) is 8.78 Å². The van der Waals surface area contributed by atoms with Crippen LogP contribution in [0, 0.1) is 11.6 Å². The Balaban J connectivity index is 1.38. The third kappa shape index (κ3) is 4.79. The minimum Gasteiger partial charge on any atom is -0.325 e. The fraction of sp³-hybridized carbons (Fsp3) is 0.500. The summed E-state index contributed by atoms with van der Waals surface area (Å²) >= 11 is 0. The molecule has 3 atom stereocenters. The van der Waals surface area contributed by atoms with Gasteiger partial charge in [-0.3, -0.25) is 0 Å². The van der Waals surface area contributed by atoms with Crippen LogP contribution < -0.4 is 9.80 Å². The van der Waals surface area contributed by atoms with E-state index in [0.29, 0.717) is 0 Å². The maximum atomic E-state index is 13.4. The molecule has 2 aliphatic rings. The van der Waals surface area contributed by atoms with Gasteiger partial charge in [-0.05, 0) is 61.1 Å². The summed E-state index contributed by atoms with van der Waals surface area (Å²) in [4.78, 5) is 3.58. The molecule has 0 bridgehead atoms. The summed E-state index contributed by atoms with van der Waals surface area (Å²) in [5.74, 6) is -0.222. The topological polar surface area (TPSA) is 8.88 Å². The average Bonchev–Trinajstić information content (AvgIpc) is 2.73. The van der Waals surface area contributed by atoms with Crippen molar-refractivity contribution >= 4 is 0 Å². The number of hydrogen-bond donors (Lipinski definition) is 2. The first-order chi connectivity index (χ1) is 13.7. The number of quaternary nitrogens is 2. The highest BCUT2D eigenvalue weighted by Gasteiger charge is 2.34. The number of nitrogens with one attached hydrogen (secondary N) is 2. The lowest BCUT2D eigenvalue weighted by atomic mass is 9.87. The van der Waals surface area contributed by atoms with Crippen LogP contribution in [0.2, 0.25) is 0 Å². The molecule has 0 aromatic heterocycles. The van der Waals surface area contributed by atoms with Crippen LogP contribution >= 0.6 is 0 Å². The Morgan fingerprint density at radius 3 is 2.11 bits per heavy atom. The second kappa shape index (κ2) is 9.15. The van der Waals surface area contributed by atoms with Crippen molar-refractivity contribution in [1.82, 2.24) is 0 Å². The summed E-state index contributed by atoms with van der Waals surface area (Å²) in [7, 11) is 0. The van der Waals surface area contributed by atoms with Gasteiger partial charge in [0.2, 0.25) is 0 Å². The van der Waals surface area contributed by atoms with Crippen LogP contribution in [0.5, 0.6) is 0 Å². The summed E-state index contributed by atoms with van der Waals surface area (Å²) in [6.45, 7) is 6.48. The lowest BCUT2D eigenvalue weighted by molar-refractivity contribution is -1.03. The quantitative estimate of drug-likeness (QED) is 0.753. The first-order valence-corrected chi connectivity index (χ1v) is 10.9. The fourth-order valence-corrected chi connectivity index (χ4v) is 5.21. The second-order valence-electron chi connectivity index (χ2n) is 8.60. The molecule has 4 heteroatoms. The molecule has 0 spiro atoms. The van der Waals surface area contributed by atoms with Crippen molar-refractivity contribution in [1.29, 1.82) is 0 Å². The van der Waals surface area contributed by atoms with Crippen LogP contribution in [0.25, 0.3) is 0 Å². The largest absolute Gasteiger partial charge is 0.325 e. The van der Waals surface area contributed by atoms with Crippen LogP contribution in [0.1, 0.15) is 49.1 Å². The highest BCUT2D eigenvalue weighted by atomic mass is 19.1. The molecule has 0 saturated carbocycles. The Morgan fingerprint density at radius 1 is 0.821 bits per heavy atom. The first-order valence-electron chi connectivity index (χ1n) is 10.9. The Bertz CT molecular complexity index is 699. The zero-order chi connectivity index (χ0) is 19.3. The predicted octanol–water partition coefficient (Wildman–Crippen LogP) is 2.21. The molecule has 2 aromatic rings. The molecule has 4 rings (SSSR count). The van der Waals surface area contributed by atoms with Crippen LogP contribution in [0.3, 0.4) is 0 Å². The van der Waals surface area contributed by atoms with Crippen LogP contribution in [-0.2, 0) is 0 Å². The van der Waals surface area contributed by atoms with Crippen molar-refractivity contribution in [3.05, 3.63) is 71.3 Å². The number of halogens is 2. The van der Waals surface area contributed by atoms with Gasteiger partial charge in [-0.2, -0.15) is 0 Å². The molecule has 0 amide bonds. The van der Waals surface area contributed by atoms with Crippen LogP contribution in [0.15, 0.2) is 48.5 Å². The monoisotopic (exact) mass is 386 g/mol. The molecule has 2 heterocycles. The minimum atomic E-state index is -0.209. The van der Waals surface area contributed by atoms with E-state index in [1.54, 1.807) is 4.90 Å². The summed E-state index contributed by atoms with van der Waals surface area (Å²) in [5.41, 5.74) is 2.23. The second-order valence-corrected chi connectivity index (χ2v) is 8.60. The number of fused-ring (bicyclic) bond motifs is 1. The summed E-state index contributed by atoms with van der Waals surface area (Å²) in [6, 6.07) is 14.5. The molecule has 2 fully saturated rings. The molecule has 2 aliphatic heterocycles. The lowest BCUT2D eigenvalue weighted by Gasteiger charge is -2.39. The minimum absolute atomic E-state index is 0.196. The van der Waals surface area contributed by atoms with Gasteiger partial charge in [-0.15, -0.1) is 0 Å². The van der Waals surface area contributed by atoms with Crippen molar-refractivity contribution in [3.63, 3.8) is 0 Å². The van der Waals surface area contributed by atoms with Crippen LogP contribution in [-0.4, -0.2) is 38.8 Å². The van der Waals surface area contributed by atoms with E-state index in [-0.39, 0.29) is 17.6 Å². The number of benzene rings is 2. The van der Waals surface area contributed by atoms with E-state index in [0.717, 1.165) is 30.0 Å².